The molecule has 0 saturated heterocycles. The molecule has 0 aliphatic rings. The number of rotatable bonds is 11. The molecule has 0 aliphatic heterocycles. The first-order chi connectivity index (χ1) is 14.5. The lowest BCUT2D eigenvalue weighted by Gasteiger charge is -2.07. The summed E-state index contributed by atoms with van der Waals surface area (Å²) in [6.45, 7) is 1.50. The van der Waals surface area contributed by atoms with Crippen molar-refractivity contribution in [2.75, 3.05) is 38.8 Å². The van der Waals surface area contributed by atoms with Crippen LogP contribution in [0.15, 0.2) is 45.9 Å². The summed E-state index contributed by atoms with van der Waals surface area (Å²) in [7, 11) is 5.60. The summed E-state index contributed by atoms with van der Waals surface area (Å²) in [5, 5.41) is 3.16. The number of nitrogens with one attached hydrogen (secondary N) is 2. The molecule has 12 heteroatoms. The topological polar surface area (TPSA) is 96.3 Å². The molecule has 0 radical (unpaired) electrons. The lowest BCUT2D eigenvalue weighted by atomic mass is 10.1. The van der Waals surface area contributed by atoms with E-state index in [1.807, 2.05) is 38.4 Å². The first-order valence-corrected chi connectivity index (χ1v) is 10.8. The van der Waals surface area contributed by atoms with Gasteiger partial charge in [0.1, 0.15) is 11.5 Å². The van der Waals surface area contributed by atoms with E-state index in [4.69, 9.17) is 9.15 Å². The van der Waals surface area contributed by atoms with Crippen molar-refractivity contribution in [3.63, 3.8) is 0 Å². The predicted octanol–water partition coefficient (Wildman–Crippen LogP) is 4.03. The number of nitrogens with zero attached hydrogens (tertiary/aromatic N) is 3. The molecule has 184 valence electrons. The Morgan fingerprint density at radius 1 is 1.15 bits per heavy atom. The van der Waals surface area contributed by atoms with Gasteiger partial charge in [-0.15, -0.1) is 37.2 Å². The number of ether oxygens (including phenoxy) is 1. The van der Waals surface area contributed by atoms with Crippen molar-refractivity contribution in [1.29, 1.82) is 0 Å². The highest BCUT2D eigenvalue weighted by molar-refractivity contribution is 7.98. The monoisotopic (exact) mass is 537 g/mol. The standard InChI is InChI=1S/C21H27N5O3S.3ClH/c1-26(2)13-17-4-5-18(29-17)14-30-9-8-23-21-24-12-16(20(27)25-21)10-15-6-7-22-19(11-15)28-3;;;/h4-7,11-12H,8-10,13-14H2,1-3H3,(H2,23,24,25,27);3*1H. The number of halogens is 3. The maximum atomic E-state index is 12.3. The van der Waals surface area contributed by atoms with E-state index >= 15 is 0 Å². The average Bonchev–Trinajstić information content (AvgIpc) is 3.16. The third-order valence-corrected chi connectivity index (χ3v) is 5.23. The summed E-state index contributed by atoms with van der Waals surface area (Å²) < 4.78 is 10.9. The summed E-state index contributed by atoms with van der Waals surface area (Å²) >= 11 is 1.76. The molecule has 0 bridgehead atoms. The molecule has 3 aromatic heterocycles. The van der Waals surface area contributed by atoms with Gasteiger partial charge in [-0.1, -0.05) is 0 Å². The molecule has 3 heterocycles. The minimum atomic E-state index is -0.153. The van der Waals surface area contributed by atoms with Gasteiger partial charge < -0.3 is 19.4 Å². The maximum absolute atomic E-state index is 12.3. The fourth-order valence-corrected chi connectivity index (χ4v) is 3.59. The quantitative estimate of drug-likeness (QED) is 0.353. The number of pyridine rings is 1. The Morgan fingerprint density at radius 3 is 2.61 bits per heavy atom. The Hall–Kier alpha value is -1.91. The maximum Gasteiger partial charge on any atom is 0.255 e. The molecule has 0 atom stereocenters. The van der Waals surface area contributed by atoms with Crippen molar-refractivity contribution < 1.29 is 9.15 Å². The Kier molecular flexibility index (Phi) is 14.9. The molecule has 3 rings (SSSR count). The van der Waals surface area contributed by atoms with Crippen LogP contribution in [0.4, 0.5) is 5.95 Å². The number of hydrogen-bond donors (Lipinski definition) is 2. The number of methoxy groups -OCH3 is 1. The zero-order chi connectivity index (χ0) is 21.3. The fraction of sp³-hybridized carbons (Fsp3) is 0.381. The van der Waals surface area contributed by atoms with E-state index in [0.717, 1.165) is 35.1 Å². The van der Waals surface area contributed by atoms with Gasteiger partial charge in [0, 0.05) is 42.7 Å². The van der Waals surface area contributed by atoms with Crippen LogP contribution < -0.4 is 15.6 Å². The number of H-pyrrole nitrogens is 1. The molecule has 3 aromatic rings. The largest absolute Gasteiger partial charge is 0.481 e. The molecule has 0 aromatic carbocycles. The molecule has 0 aliphatic carbocycles. The van der Waals surface area contributed by atoms with Gasteiger partial charge >= 0.3 is 0 Å². The Balaban J connectivity index is 0.00000341. The molecule has 0 unspecified atom stereocenters. The van der Waals surface area contributed by atoms with Crippen LogP contribution in [0.1, 0.15) is 22.6 Å². The van der Waals surface area contributed by atoms with Gasteiger partial charge in [0.25, 0.3) is 5.56 Å². The van der Waals surface area contributed by atoms with E-state index in [1.54, 1.807) is 31.3 Å². The molecule has 2 N–H and O–H groups in total. The molecule has 0 fully saturated rings. The molecule has 0 spiro atoms. The highest BCUT2D eigenvalue weighted by atomic mass is 35.5. The average molecular weight is 539 g/mol. The van der Waals surface area contributed by atoms with Crippen molar-refractivity contribution in [3.05, 3.63) is 69.7 Å². The van der Waals surface area contributed by atoms with Crippen LogP contribution in [-0.2, 0) is 18.7 Å². The van der Waals surface area contributed by atoms with Gasteiger partial charge in [-0.2, -0.15) is 11.8 Å². The third kappa shape index (κ3) is 10.3. The number of anilines is 1. The first-order valence-electron chi connectivity index (χ1n) is 9.64. The summed E-state index contributed by atoms with van der Waals surface area (Å²) in [5.74, 6) is 4.62. The van der Waals surface area contributed by atoms with Crippen LogP contribution in [0, 0.1) is 0 Å². The zero-order valence-electron chi connectivity index (χ0n) is 18.7. The second kappa shape index (κ2) is 15.8. The second-order valence-corrected chi connectivity index (χ2v) is 8.16. The molecule has 0 saturated carbocycles. The van der Waals surface area contributed by atoms with E-state index in [0.29, 0.717) is 30.4 Å². The van der Waals surface area contributed by atoms with Crippen molar-refractivity contribution in [2.45, 2.75) is 18.7 Å². The van der Waals surface area contributed by atoms with Crippen LogP contribution in [0.3, 0.4) is 0 Å². The van der Waals surface area contributed by atoms with Gasteiger partial charge in [0.05, 0.1) is 19.4 Å². The van der Waals surface area contributed by atoms with E-state index in [2.05, 4.69) is 25.2 Å². The zero-order valence-corrected chi connectivity index (χ0v) is 22.0. The van der Waals surface area contributed by atoms with E-state index < -0.39 is 0 Å². The van der Waals surface area contributed by atoms with E-state index in [-0.39, 0.29) is 42.8 Å². The van der Waals surface area contributed by atoms with Crippen LogP contribution in [0.2, 0.25) is 0 Å². The van der Waals surface area contributed by atoms with Gasteiger partial charge in [-0.25, -0.2) is 9.97 Å². The van der Waals surface area contributed by atoms with E-state index in [1.165, 1.54) is 0 Å². The lowest BCUT2D eigenvalue weighted by molar-refractivity contribution is 0.344. The van der Waals surface area contributed by atoms with Crippen molar-refractivity contribution in [1.82, 2.24) is 19.9 Å². The number of aromatic amines is 1. The van der Waals surface area contributed by atoms with Crippen molar-refractivity contribution in [2.24, 2.45) is 0 Å². The number of hydrogen-bond acceptors (Lipinski definition) is 8. The second-order valence-electron chi connectivity index (χ2n) is 7.05. The van der Waals surface area contributed by atoms with Gasteiger partial charge in [0.15, 0.2) is 0 Å². The predicted molar refractivity (Wildman–Crippen MR) is 141 cm³/mol. The Labute approximate surface area is 216 Å². The number of aromatic nitrogens is 3. The minimum absolute atomic E-state index is 0. The summed E-state index contributed by atoms with van der Waals surface area (Å²) in [6, 6.07) is 7.71. The first kappa shape index (κ1) is 31.1. The molecule has 0 amide bonds. The molecule has 33 heavy (non-hydrogen) atoms. The molecular weight excluding hydrogens is 509 g/mol. The van der Waals surface area contributed by atoms with Crippen molar-refractivity contribution in [3.8, 4) is 5.88 Å². The highest BCUT2D eigenvalue weighted by Gasteiger charge is 2.06. The van der Waals surface area contributed by atoms with E-state index in [9.17, 15) is 4.79 Å². The lowest BCUT2D eigenvalue weighted by Crippen LogP contribution is -2.18. The number of furan rings is 1. The van der Waals surface area contributed by atoms with Gasteiger partial charge in [0.2, 0.25) is 11.8 Å². The van der Waals surface area contributed by atoms with Gasteiger partial charge in [-0.3, -0.25) is 9.78 Å². The van der Waals surface area contributed by atoms with Crippen LogP contribution in [0.25, 0.3) is 0 Å². The fourth-order valence-electron chi connectivity index (χ4n) is 2.84. The molecular formula is C21H30Cl3N5O3S. The molecule has 8 nitrogen and oxygen atoms in total. The summed E-state index contributed by atoms with van der Waals surface area (Å²) in [6.07, 6.45) is 3.74. The Bertz CT molecular complexity index is 1020. The van der Waals surface area contributed by atoms with Crippen LogP contribution >= 0.6 is 49.0 Å². The summed E-state index contributed by atoms with van der Waals surface area (Å²) in [5.41, 5.74) is 1.38. The SMILES string of the molecule is COc1cc(Cc2cnc(NCCSCc3ccc(CN(C)C)o3)[nH]c2=O)ccn1.Cl.Cl.Cl. The van der Waals surface area contributed by atoms with Crippen LogP contribution in [-0.4, -0.2) is 53.4 Å². The summed E-state index contributed by atoms with van der Waals surface area (Å²) in [4.78, 5) is 25.6. The number of thioether (sulfide) groups is 1. The van der Waals surface area contributed by atoms with Gasteiger partial charge in [-0.05, 0) is 37.9 Å². The normalized spacial score (nSPS) is 10.1. The van der Waals surface area contributed by atoms with Crippen LogP contribution in [0.5, 0.6) is 5.88 Å². The smallest absolute Gasteiger partial charge is 0.255 e. The highest BCUT2D eigenvalue weighted by Crippen LogP contribution is 2.16. The third-order valence-electron chi connectivity index (χ3n) is 4.25. The Morgan fingerprint density at radius 2 is 1.91 bits per heavy atom. The van der Waals surface area contributed by atoms with Crippen molar-refractivity contribution >= 4 is 54.9 Å². The minimum Gasteiger partial charge on any atom is -0.481 e.